The topological polar surface area (TPSA) is 0 Å². The molecule has 4 aliphatic rings. The lowest BCUT2D eigenvalue weighted by atomic mass is 9.84. The second-order valence-corrected chi connectivity index (χ2v) is 14.7. The van der Waals surface area contributed by atoms with E-state index in [4.69, 9.17) is 0 Å². The van der Waals surface area contributed by atoms with Crippen LogP contribution in [0.3, 0.4) is 0 Å². The highest BCUT2D eigenvalue weighted by Gasteiger charge is 2.54. The van der Waals surface area contributed by atoms with Crippen LogP contribution in [0, 0.1) is 23.7 Å². The lowest BCUT2D eigenvalue weighted by Crippen LogP contribution is -2.27. The highest BCUT2D eigenvalue weighted by molar-refractivity contribution is 7.74. The van der Waals surface area contributed by atoms with Crippen LogP contribution in [0.5, 0.6) is 0 Å². The van der Waals surface area contributed by atoms with Gasteiger partial charge >= 0.3 is 0 Å². The molecule has 0 N–H and O–H groups in total. The standard InChI is InChI=1S/C22H32P2/c1-13-9-20-14(2)10-19(13)23(20)17-7-5-6-8-18(17)24-21-12-16(4)22(24)11-15(21)3/h5-8,13-16,19-22H,9-12H2,1-4H3. The first-order chi connectivity index (χ1) is 11.6. The van der Waals surface area contributed by atoms with E-state index in [-0.39, 0.29) is 15.8 Å². The van der Waals surface area contributed by atoms with Crippen LogP contribution in [0.2, 0.25) is 0 Å². The van der Waals surface area contributed by atoms with E-state index in [1.54, 1.807) is 0 Å². The van der Waals surface area contributed by atoms with Crippen molar-refractivity contribution < 1.29 is 0 Å². The van der Waals surface area contributed by atoms with E-state index >= 15 is 0 Å². The molecule has 0 amide bonds. The summed E-state index contributed by atoms with van der Waals surface area (Å²) in [5, 5.41) is 3.75. The molecule has 130 valence electrons. The Hall–Kier alpha value is 0.0800. The first-order valence-corrected chi connectivity index (χ1v) is 13.2. The Labute approximate surface area is 150 Å². The average Bonchev–Trinajstić information content (AvgIpc) is 3.24. The van der Waals surface area contributed by atoms with Crippen molar-refractivity contribution in [3.8, 4) is 0 Å². The molecule has 4 fully saturated rings. The maximum atomic E-state index is 2.58. The van der Waals surface area contributed by atoms with Gasteiger partial charge in [0.05, 0.1) is 0 Å². The van der Waals surface area contributed by atoms with Crippen molar-refractivity contribution in [3.05, 3.63) is 24.3 Å². The zero-order chi connectivity index (χ0) is 16.6. The van der Waals surface area contributed by atoms with Gasteiger partial charge in [0.15, 0.2) is 0 Å². The summed E-state index contributed by atoms with van der Waals surface area (Å²) in [6.07, 6.45) is 6.07. The number of benzene rings is 1. The van der Waals surface area contributed by atoms with Gasteiger partial charge in [-0.15, -0.1) is 0 Å². The fourth-order valence-corrected chi connectivity index (χ4v) is 16.0. The minimum absolute atomic E-state index is 0.110. The van der Waals surface area contributed by atoms with Crippen molar-refractivity contribution in [1.82, 2.24) is 0 Å². The summed E-state index contributed by atoms with van der Waals surface area (Å²) in [4.78, 5) is 0. The number of hydrogen-bond acceptors (Lipinski definition) is 0. The van der Waals surface area contributed by atoms with E-state index in [2.05, 4.69) is 52.0 Å². The third-order valence-electron chi connectivity index (χ3n) is 7.95. The van der Waals surface area contributed by atoms with Gasteiger partial charge in [0, 0.05) is 0 Å². The Bertz CT molecular complexity index is 554. The van der Waals surface area contributed by atoms with Crippen LogP contribution in [0.4, 0.5) is 0 Å². The fourth-order valence-electron chi connectivity index (χ4n) is 6.74. The lowest BCUT2D eigenvalue weighted by molar-refractivity contribution is 0.365. The Kier molecular flexibility index (Phi) is 3.93. The molecular weight excluding hydrogens is 326 g/mol. The van der Waals surface area contributed by atoms with Gasteiger partial charge in [-0.1, -0.05) is 67.8 Å². The molecule has 4 aliphatic heterocycles. The summed E-state index contributed by atoms with van der Waals surface area (Å²) >= 11 is 0. The third kappa shape index (κ3) is 2.18. The van der Waals surface area contributed by atoms with Gasteiger partial charge in [-0.3, -0.25) is 0 Å². The molecule has 0 aromatic heterocycles. The Morgan fingerprint density at radius 2 is 0.875 bits per heavy atom. The van der Waals surface area contributed by atoms with Gasteiger partial charge in [0.1, 0.15) is 0 Å². The van der Waals surface area contributed by atoms with Gasteiger partial charge in [0.2, 0.25) is 0 Å². The monoisotopic (exact) mass is 358 g/mol. The van der Waals surface area contributed by atoms with E-state index in [0.717, 1.165) is 46.3 Å². The van der Waals surface area contributed by atoms with E-state index < -0.39 is 0 Å². The average molecular weight is 358 g/mol. The van der Waals surface area contributed by atoms with Gasteiger partial charge in [-0.2, -0.15) is 0 Å². The van der Waals surface area contributed by atoms with Crippen LogP contribution in [-0.2, 0) is 0 Å². The molecule has 0 nitrogen and oxygen atoms in total. The Morgan fingerprint density at radius 3 is 1.17 bits per heavy atom. The predicted molar refractivity (Wildman–Crippen MR) is 110 cm³/mol. The molecule has 5 rings (SSSR count). The van der Waals surface area contributed by atoms with Gasteiger partial charge in [0.25, 0.3) is 0 Å². The maximum absolute atomic E-state index is 2.58. The SMILES string of the molecule is CC1CC2C(C)CC1P2c1ccccc1P1C2CC(C)C1CC2C. The molecule has 0 saturated carbocycles. The van der Waals surface area contributed by atoms with E-state index in [1.807, 2.05) is 10.6 Å². The summed E-state index contributed by atoms with van der Waals surface area (Å²) < 4.78 is 0. The Balaban J connectivity index is 1.56. The second kappa shape index (κ2) is 5.79. The smallest absolute Gasteiger partial charge is 0.0137 e. The summed E-state index contributed by atoms with van der Waals surface area (Å²) in [6, 6.07) is 9.86. The second-order valence-electron chi connectivity index (χ2n) is 9.42. The third-order valence-corrected chi connectivity index (χ3v) is 15.8. The van der Waals surface area contributed by atoms with Crippen LogP contribution >= 0.6 is 15.8 Å². The first-order valence-electron chi connectivity index (χ1n) is 10.2. The van der Waals surface area contributed by atoms with Gasteiger partial charge in [-0.05, 0) is 82.6 Å². The van der Waals surface area contributed by atoms with Crippen molar-refractivity contribution in [1.29, 1.82) is 0 Å². The van der Waals surface area contributed by atoms with Crippen molar-refractivity contribution in [3.63, 3.8) is 0 Å². The van der Waals surface area contributed by atoms with Crippen molar-refractivity contribution in [2.45, 2.75) is 76.0 Å². The van der Waals surface area contributed by atoms with E-state index in [0.29, 0.717) is 0 Å². The van der Waals surface area contributed by atoms with E-state index in [9.17, 15) is 0 Å². The predicted octanol–water partition coefficient (Wildman–Crippen LogP) is 5.53. The zero-order valence-electron chi connectivity index (χ0n) is 15.7. The summed E-state index contributed by atoms with van der Waals surface area (Å²) in [5.41, 5.74) is 4.13. The summed E-state index contributed by atoms with van der Waals surface area (Å²) in [5.74, 6) is 3.93. The highest BCUT2D eigenvalue weighted by atomic mass is 31.1. The number of hydrogen-bond donors (Lipinski definition) is 0. The van der Waals surface area contributed by atoms with Crippen molar-refractivity contribution >= 4 is 26.5 Å². The van der Waals surface area contributed by atoms with Crippen molar-refractivity contribution in [2.24, 2.45) is 23.7 Å². The lowest BCUT2D eigenvalue weighted by Gasteiger charge is -2.27. The van der Waals surface area contributed by atoms with Crippen LogP contribution in [0.1, 0.15) is 53.4 Å². The van der Waals surface area contributed by atoms with Crippen LogP contribution < -0.4 is 10.6 Å². The summed E-state index contributed by atoms with van der Waals surface area (Å²) in [6.45, 7) is 10.2. The normalized spacial score (nSPS) is 52.3. The van der Waals surface area contributed by atoms with Crippen LogP contribution in [0.15, 0.2) is 24.3 Å². The van der Waals surface area contributed by atoms with Crippen LogP contribution in [-0.4, -0.2) is 22.6 Å². The van der Waals surface area contributed by atoms with Crippen LogP contribution in [0.25, 0.3) is 0 Å². The Morgan fingerprint density at radius 1 is 0.583 bits per heavy atom. The van der Waals surface area contributed by atoms with E-state index in [1.165, 1.54) is 25.7 Å². The maximum Gasteiger partial charge on any atom is -0.0137 e. The fraction of sp³-hybridized carbons (Fsp3) is 0.727. The molecule has 1 aromatic carbocycles. The van der Waals surface area contributed by atoms with Gasteiger partial charge in [-0.25, -0.2) is 0 Å². The molecule has 4 heterocycles. The highest BCUT2D eigenvalue weighted by Crippen LogP contribution is 2.70. The molecule has 0 aliphatic carbocycles. The molecule has 2 heteroatoms. The molecule has 8 atom stereocenters. The largest absolute Gasteiger partial charge is 0.0677 e. The number of fused-ring (bicyclic) bond motifs is 4. The molecule has 1 aromatic rings. The quantitative estimate of drug-likeness (QED) is 0.610. The molecule has 24 heavy (non-hydrogen) atoms. The minimum Gasteiger partial charge on any atom is -0.0677 e. The first kappa shape index (κ1) is 16.3. The number of rotatable bonds is 2. The molecule has 8 unspecified atom stereocenters. The molecule has 0 radical (unpaired) electrons. The molecular formula is C22H32P2. The minimum atomic E-state index is 0.110. The molecule has 0 spiro atoms. The summed E-state index contributed by atoms with van der Waals surface area (Å²) in [7, 11) is 0.220. The van der Waals surface area contributed by atoms with Crippen molar-refractivity contribution in [2.75, 3.05) is 0 Å². The molecule has 4 bridgehead atoms. The molecule has 4 saturated heterocycles. The zero-order valence-corrected chi connectivity index (χ0v) is 17.4. The van der Waals surface area contributed by atoms with Gasteiger partial charge < -0.3 is 0 Å².